The summed E-state index contributed by atoms with van der Waals surface area (Å²) in [5.41, 5.74) is 21.6. The summed E-state index contributed by atoms with van der Waals surface area (Å²) in [7, 11) is 0. The predicted molar refractivity (Wildman–Crippen MR) is 254 cm³/mol. The number of benzene rings is 7. The number of hydrogen-bond acceptors (Lipinski definition) is 1. The zero-order chi connectivity index (χ0) is 40.9. The fourth-order valence-corrected chi connectivity index (χ4v) is 14.9. The first kappa shape index (κ1) is 36.0. The summed E-state index contributed by atoms with van der Waals surface area (Å²) < 4.78 is 0. The van der Waals surface area contributed by atoms with Crippen LogP contribution < -0.4 is 4.90 Å². The van der Waals surface area contributed by atoms with Crippen LogP contribution in [0.3, 0.4) is 0 Å². The Morgan fingerprint density at radius 3 is 1.79 bits per heavy atom. The monoisotopic (exact) mass is 789 g/mol. The van der Waals surface area contributed by atoms with Gasteiger partial charge in [-0.2, -0.15) is 0 Å². The summed E-state index contributed by atoms with van der Waals surface area (Å²) in [6.07, 6.45) is 8.32. The van der Waals surface area contributed by atoms with Crippen molar-refractivity contribution in [2.24, 2.45) is 29.1 Å². The molecule has 1 nitrogen and oxygen atoms in total. The van der Waals surface area contributed by atoms with Gasteiger partial charge in [0, 0.05) is 22.5 Å². The van der Waals surface area contributed by atoms with Crippen molar-refractivity contribution >= 4 is 17.1 Å². The van der Waals surface area contributed by atoms with Crippen LogP contribution in [-0.2, 0) is 16.2 Å². The zero-order valence-corrected chi connectivity index (χ0v) is 36.1. The quantitative estimate of drug-likeness (QED) is 0.162. The van der Waals surface area contributed by atoms with E-state index >= 15 is 0 Å². The highest BCUT2D eigenvalue weighted by molar-refractivity contribution is 5.94. The van der Waals surface area contributed by atoms with Crippen LogP contribution >= 0.6 is 0 Å². The molecule has 6 atom stereocenters. The van der Waals surface area contributed by atoms with E-state index < -0.39 is 0 Å². The van der Waals surface area contributed by atoms with E-state index in [1.165, 1.54) is 94.2 Å². The van der Waals surface area contributed by atoms with Gasteiger partial charge in [0.1, 0.15) is 0 Å². The lowest BCUT2D eigenvalue weighted by Crippen LogP contribution is -2.73. The standard InChI is InChI=1S/C60H55N/c1-57(2)30-31-58(3,4)53-35-43(24-29-51(53)57)42-14-10-15-47(34-42)61(45-25-20-40(21-26-45)39-12-6-5-7-13-39)46-27-22-41(23-28-46)48-17-11-19-52-56(48)49-16-8-9-18-50(49)60(52)54-33-38-32-44-36-55(60)59(44,54)37-38/h5-29,34-35,38,44,54-55H,30-33,36-37H2,1-4H3. The molecule has 300 valence electrons. The van der Waals surface area contributed by atoms with E-state index in [0.29, 0.717) is 5.41 Å². The first-order chi connectivity index (χ1) is 29.7. The second-order valence-electron chi connectivity index (χ2n) is 21.2. The Hall–Kier alpha value is -5.66. The topological polar surface area (TPSA) is 3.24 Å². The van der Waals surface area contributed by atoms with Crippen LogP contribution in [0.25, 0.3) is 44.5 Å². The third-order valence-electron chi connectivity index (χ3n) is 17.6. The highest BCUT2D eigenvalue weighted by Gasteiger charge is 2.84. The first-order valence-corrected chi connectivity index (χ1v) is 23.2. The Balaban J connectivity index is 0.907. The van der Waals surface area contributed by atoms with E-state index in [2.05, 4.69) is 196 Å². The molecule has 1 heteroatoms. The lowest BCUT2D eigenvalue weighted by atomic mass is 9.27. The third kappa shape index (κ3) is 4.79. The Morgan fingerprint density at radius 2 is 1.02 bits per heavy atom. The summed E-state index contributed by atoms with van der Waals surface area (Å²) in [5.74, 6) is 3.59. The van der Waals surface area contributed by atoms with Crippen molar-refractivity contribution in [2.75, 3.05) is 4.90 Å². The van der Waals surface area contributed by atoms with Gasteiger partial charge < -0.3 is 4.90 Å². The molecule has 0 heterocycles. The molecule has 4 saturated carbocycles. The summed E-state index contributed by atoms with van der Waals surface area (Å²) in [6, 6.07) is 62.7. The minimum absolute atomic E-state index is 0.157. The van der Waals surface area contributed by atoms with Gasteiger partial charge in [-0.05, 0) is 182 Å². The minimum atomic E-state index is 0.157. The van der Waals surface area contributed by atoms with Crippen molar-refractivity contribution in [1.29, 1.82) is 0 Å². The van der Waals surface area contributed by atoms with Crippen molar-refractivity contribution in [3.05, 3.63) is 186 Å². The first-order valence-electron chi connectivity index (χ1n) is 23.2. The van der Waals surface area contributed by atoms with Gasteiger partial charge in [0.25, 0.3) is 0 Å². The molecule has 13 rings (SSSR count). The highest BCUT2D eigenvalue weighted by Crippen LogP contribution is 2.89. The van der Waals surface area contributed by atoms with Crippen molar-refractivity contribution in [2.45, 2.75) is 82.5 Å². The van der Waals surface area contributed by atoms with Gasteiger partial charge in [-0.15, -0.1) is 0 Å². The van der Waals surface area contributed by atoms with E-state index in [0.717, 1.165) is 40.7 Å². The molecule has 6 aliphatic rings. The second-order valence-corrected chi connectivity index (χ2v) is 21.2. The van der Waals surface area contributed by atoms with Crippen molar-refractivity contribution in [1.82, 2.24) is 0 Å². The van der Waals surface area contributed by atoms with Crippen molar-refractivity contribution in [3.8, 4) is 44.5 Å². The minimum Gasteiger partial charge on any atom is -0.310 e. The van der Waals surface area contributed by atoms with E-state index in [1.807, 2.05) is 0 Å². The van der Waals surface area contributed by atoms with E-state index in [-0.39, 0.29) is 16.2 Å². The summed E-state index contributed by atoms with van der Waals surface area (Å²) in [5, 5.41) is 0. The van der Waals surface area contributed by atoms with Gasteiger partial charge in [-0.1, -0.05) is 155 Å². The molecule has 0 radical (unpaired) electrons. The Labute approximate surface area is 362 Å². The maximum absolute atomic E-state index is 2.53. The zero-order valence-electron chi connectivity index (χ0n) is 36.1. The van der Waals surface area contributed by atoms with Crippen LogP contribution in [-0.4, -0.2) is 0 Å². The number of hydrogen-bond donors (Lipinski definition) is 0. The fourth-order valence-electron chi connectivity index (χ4n) is 14.9. The largest absolute Gasteiger partial charge is 0.310 e. The molecule has 2 bridgehead atoms. The Morgan fingerprint density at radius 1 is 0.426 bits per heavy atom. The van der Waals surface area contributed by atoms with Crippen LogP contribution in [0.1, 0.15) is 88.5 Å². The molecule has 4 fully saturated rings. The molecule has 0 saturated heterocycles. The molecule has 6 aliphatic carbocycles. The molecule has 6 unspecified atom stereocenters. The van der Waals surface area contributed by atoms with Crippen LogP contribution in [0, 0.1) is 29.1 Å². The molecule has 0 aliphatic heterocycles. The van der Waals surface area contributed by atoms with Crippen LogP contribution in [0.15, 0.2) is 164 Å². The molecule has 0 amide bonds. The predicted octanol–water partition coefficient (Wildman–Crippen LogP) is 15.8. The lowest BCUT2D eigenvalue weighted by Gasteiger charge is -2.76. The average Bonchev–Trinajstić information content (AvgIpc) is 3.93. The van der Waals surface area contributed by atoms with E-state index in [9.17, 15) is 0 Å². The van der Waals surface area contributed by atoms with Gasteiger partial charge >= 0.3 is 0 Å². The van der Waals surface area contributed by atoms with E-state index in [4.69, 9.17) is 0 Å². The average molecular weight is 790 g/mol. The lowest BCUT2D eigenvalue weighted by molar-refractivity contribution is -0.231. The summed E-state index contributed by atoms with van der Waals surface area (Å²) in [4.78, 5) is 2.45. The van der Waals surface area contributed by atoms with Crippen molar-refractivity contribution < 1.29 is 0 Å². The summed E-state index contributed by atoms with van der Waals surface area (Å²) in [6.45, 7) is 9.68. The van der Waals surface area contributed by atoms with Crippen LogP contribution in [0.5, 0.6) is 0 Å². The number of fused-ring (bicyclic) bond motifs is 9. The molecule has 7 aromatic carbocycles. The molecular weight excluding hydrogens is 735 g/mol. The summed E-state index contributed by atoms with van der Waals surface area (Å²) >= 11 is 0. The third-order valence-corrected chi connectivity index (χ3v) is 17.6. The molecule has 2 spiro atoms. The number of nitrogens with zero attached hydrogens (tertiary/aromatic N) is 1. The smallest absolute Gasteiger partial charge is 0.0467 e. The van der Waals surface area contributed by atoms with Crippen LogP contribution in [0.4, 0.5) is 17.1 Å². The van der Waals surface area contributed by atoms with Gasteiger partial charge in [0.05, 0.1) is 0 Å². The SMILES string of the molecule is CC1(C)CCC(C)(C)c2cc(-c3cccc(N(c4ccc(-c5ccccc5)cc4)c4ccc(-c5cccc6c5-c5ccccc5C65C6CC7CC8CC5C86C7)cc4)c3)ccc21. The normalized spacial score (nSPS) is 27.3. The molecule has 61 heavy (non-hydrogen) atoms. The van der Waals surface area contributed by atoms with Gasteiger partial charge in [-0.3, -0.25) is 0 Å². The highest BCUT2D eigenvalue weighted by atomic mass is 15.1. The Kier molecular flexibility index (Phi) is 7.37. The molecule has 0 aromatic heterocycles. The van der Waals surface area contributed by atoms with Gasteiger partial charge in [-0.25, -0.2) is 0 Å². The van der Waals surface area contributed by atoms with Gasteiger partial charge in [0.2, 0.25) is 0 Å². The molecular formula is C60H55N. The number of rotatable bonds is 6. The molecule has 7 aromatic rings. The fraction of sp³-hybridized carbons (Fsp3) is 0.300. The van der Waals surface area contributed by atoms with E-state index in [1.54, 1.807) is 11.1 Å². The van der Waals surface area contributed by atoms with Crippen molar-refractivity contribution in [3.63, 3.8) is 0 Å². The number of anilines is 3. The van der Waals surface area contributed by atoms with Crippen LogP contribution in [0.2, 0.25) is 0 Å². The molecule has 0 N–H and O–H groups in total. The van der Waals surface area contributed by atoms with Gasteiger partial charge in [0.15, 0.2) is 0 Å². The maximum Gasteiger partial charge on any atom is 0.0467 e. The Bertz CT molecular complexity index is 2900. The second kappa shape index (κ2) is 12.5. The maximum atomic E-state index is 2.53.